The zero-order valence-corrected chi connectivity index (χ0v) is 13.4. The van der Waals surface area contributed by atoms with E-state index in [1.807, 2.05) is 12.1 Å². The van der Waals surface area contributed by atoms with Crippen LogP contribution in [0.4, 0.5) is 8.78 Å². The number of benzene rings is 1. The molecule has 1 aromatic carbocycles. The molecule has 1 saturated heterocycles. The minimum absolute atomic E-state index is 0.223. The molecule has 0 aliphatic carbocycles. The Morgan fingerprint density at radius 2 is 1.82 bits per heavy atom. The van der Waals surface area contributed by atoms with Gasteiger partial charge >= 0.3 is 6.61 Å². The van der Waals surface area contributed by atoms with E-state index in [2.05, 4.69) is 28.8 Å². The van der Waals surface area contributed by atoms with Gasteiger partial charge in [-0.1, -0.05) is 32.4 Å². The van der Waals surface area contributed by atoms with E-state index in [-0.39, 0.29) is 5.75 Å². The number of nitrogens with zero attached hydrogens (tertiary/aromatic N) is 1. The van der Waals surface area contributed by atoms with Gasteiger partial charge in [0.05, 0.1) is 0 Å². The summed E-state index contributed by atoms with van der Waals surface area (Å²) in [7, 11) is 0. The normalized spacial score (nSPS) is 19.1. The van der Waals surface area contributed by atoms with Crippen LogP contribution < -0.4 is 10.1 Å². The van der Waals surface area contributed by atoms with Crippen molar-refractivity contribution in [3.63, 3.8) is 0 Å². The van der Waals surface area contributed by atoms with Crippen LogP contribution in [0.3, 0.4) is 0 Å². The molecule has 2 atom stereocenters. The lowest BCUT2D eigenvalue weighted by Crippen LogP contribution is -2.46. The van der Waals surface area contributed by atoms with Gasteiger partial charge in [-0.2, -0.15) is 8.78 Å². The Hall–Kier alpha value is -1.20. The molecule has 1 heterocycles. The monoisotopic (exact) mass is 312 g/mol. The molecule has 1 aromatic rings. The minimum Gasteiger partial charge on any atom is -0.435 e. The molecule has 0 bridgehead atoms. The fraction of sp³-hybridized carbons (Fsp3) is 0.647. The molecule has 0 saturated carbocycles. The molecule has 0 radical (unpaired) electrons. The SMILES string of the molecule is CCCC(C)[C@@H](c1ccc(OC(F)F)cc1)N1CCNCC1. The van der Waals surface area contributed by atoms with Crippen LogP contribution >= 0.6 is 0 Å². The molecule has 0 amide bonds. The first-order chi connectivity index (χ1) is 10.6. The summed E-state index contributed by atoms with van der Waals surface area (Å²) in [5, 5.41) is 3.38. The van der Waals surface area contributed by atoms with Crippen molar-refractivity contribution in [2.75, 3.05) is 26.2 Å². The Morgan fingerprint density at radius 1 is 1.18 bits per heavy atom. The number of rotatable bonds is 7. The van der Waals surface area contributed by atoms with Gasteiger partial charge in [-0.05, 0) is 30.0 Å². The van der Waals surface area contributed by atoms with Crippen molar-refractivity contribution >= 4 is 0 Å². The van der Waals surface area contributed by atoms with Crippen molar-refractivity contribution in [2.24, 2.45) is 5.92 Å². The fourth-order valence-electron chi connectivity index (χ4n) is 3.32. The highest BCUT2D eigenvalue weighted by Crippen LogP contribution is 2.32. The molecule has 2 rings (SSSR count). The van der Waals surface area contributed by atoms with Crippen molar-refractivity contribution in [1.82, 2.24) is 10.2 Å². The third-order valence-corrected chi connectivity index (χ3v) is 4.27. The van der Waals surface area contributed by atoms with Gasteiger partial charge in [-0.25, -0.2) is 0 Å². The van der Waals surface area contributed by atoms with E-state index in [0.717, 1.165) is 39.0 Å². The number of alkyl halides is 2. The Labute approximate surface area is 131 Å². The van der Waals surface area contributed by atoms with Crippen molar-refractivity contribution < 1.29 is 13.5 Å². The minimum atomic E-state index is -2.77. The Balaban J connectivity index is 2.16. The van der Waals surface area contributed by atoms with E-state index in [1.165, 1.54) is 5.56 Å². The zero-order chi connectivity index (χ0) is 15.9. The molecule has 0 aromatic heterocycles. The molecular formula is C17H26F2N2O. The summed E-state index contributed by atoms with van der Waals surface area (Å²) in [5.41, 5.74) is 1.18. The van der Waals surface area contributed by atoms with E-state index in [1.54, 1.807) is 12.1 Å². The molecule has 3 nitrogen and oxygen atoms in total. The van der Waals surface area contributed by atoms with Crippen LogP contribution in [-0.2, 0) is 0 Å². The molecule has 0 spiro atoms. The van der Waals surface area contributed by atoms with Crippen LogP contribution in [0.15, 0.2) is 24.3 Å². The quantitative estimate of drug-likeness (QED) is 0.831. The van der Waals surface area contributed by atoms with E-state index < -0.39 is 6.61 Å². The highest BCUT2D eigenvalue weighted by molar-refractivity contribution is 5.29. The summed E-state index contributed by atoms with van der Waals surface area (Å²) in [4.78, 5) is 2.50. The van der Waals surface area contributed by atoms with Gasteiger partial charge in [0.15, 0.2) is 0 Å². The first-order valence-corrected chi connectivity index (χ1v) is 8.11. The average molecular weight is 312 g/mol. The second kappa shape index (κ2) is 8.44. The lowest BCUT2D eigenvalue weighted by Gasteiger charge is -2.38. The Kier molecular flexibility index (Phi) is 6.58. The lowest BCUT2D eigenvalue weighted by atomic mass is 9.89. The second-order valence-electron chi connectivity index (χ2n) is 5.94. The van der Waals surface area contributed by atoms with Crippen molar-refractivity contribution in [3.8, 4) is 5.75 Å². The van der Waals surface area contributed by atoms with Crippen LogP contribution in [0, 0.1) is 5.92 Å². The summed E-state index contributed by atoms with van der Waals surface area (Å²) in [6.45, 7) is 5.75. The maximum atomic E-state index is 12.3. The number of hydrogen-bond donors (Lipinski definition) is 1. The van der Waals surface area contributed by atoms with Crippen LogP contribution in [0.2, 0.25) is 0 Å². The van der Waals surface area contributed by atoms with Gasteiger partial charge < -0.3 is 10.1 Å². The molecule has 22 heavy (non-hydrogen) atoms. The van der Waals surface area contributed by atoms with Gasteiger partial charge in [0.2, 0.25) is 0 Å². The highest BCUT2D eigenvalue weighted by atomic mass is 19.3. The van der Waals surface area contributed by atoms with Crippen molar-refractivity contribution in [1.29, 1.82) is 0 Å². The fourth-order valence-corrected chi connectivity index (χ4v) is 3.32. The maximum absolute atomic E-state index is 12.3. The smallest absolute Gasteiger partial charge is 0.387 e. The molecule has 1 N–H and O–H groups in total. The topological polar surface area (TPSA) is 24.5 Å². The number of hydrogen-bond acceptors (Lipinski definition) is 3. The average Bonchev–Trinajstić information content (AvgIpc) is 2.50. The lowest BCUT2D eigenvalue weighted by molar-refractivity contribution is -0.0498. The summed E-state index contributed by atoms with van der Waals surface area (Å²) in [5.74, 6) is 0.755. The highest BCUT2D eigenvalue weighted by Gasteiger charge is 2.26. The maximum Gasteiger partial charge on any atom is 0.387 e. The molecule has 1 fully saturated rings. The van der Waals surface area contributed by atoms with Crippen molar-refractivity contribution in [2.45, 2.75) is 39.3 Å². The first-order valence-electron chi connectivity index (χ1n) is 8.11. The second-order valence-corrected chi connectivity index (χ2v) is 5.94. The van der Waals surface area contributed by atoms with Gasteiger partial charge in [0, 0.05) is 32.2 Å². The largest absolute Gasteiger partial charge is 0.435 e. The molecule has 124 valence electrons. The number of nitrogens with one attached hydrogen (secondary N) is 1. The van der Waals surface area contributed by atoms with E-state index in [4.69, 9.17) is 0 Å². The summed E-state index contributed by atoms with van der Waals surface area (Å²) < 4.78 is 29.0. The van der Waals surface area contributed by atoms with Gasteiger partial charge in [-0.3, -0.25) is 4.90 Å². The number of halogens is 2. The van der Waals surface area contributed by atoms with Gasteiger partial charge in [-0.15, -0.1) is 0 Å². The number of piperazine rings is 1. The van der Waals surface area contributed by atoms with E-state index in [9.17, 15) is 8.78 Å². The third-order valence-electron chi connectivity index (χ3n) is 4.27. The summed E-state index contributed by atoms with van der Waals surface area (Å²) in [6, 6.07) is 7.49. The predicted molar refractivity (Wildman–Crippen MR) is 84.3 cm³/mol. The molecule has 5 heteroatoms. The molecule has 1 unspecified atom stereocenters. The molecular weight excluding hydrogens is 286 g/mol. The van der Waals surface area contributed by atoms with Gasteiger partial charge in [0.1, 0.15) is 5.75 Å². The third kappa shape index (κ3) is 4.65. The summed E-state index contributed by atoms with van der Waals surface area (Å²) >= 11 is 0. The van der Waals surface area contributed by atoms with Crippen LogP contribution in [0.25, 0.3) is 0 Å². The van der Waals surface area contributed by atoms with Crippen LogP contribution in [-0.4, -0.2) is 37.7 Å². The van der Waals surface area contributed by atoms with E-state index >= 15 is 0 Å². The summed E-state index contributed by atoms with van der Waals surface area (Å²) in [6.07, 6.45) is 2.31. The van der Waals surface area contributed by atoms with Crippen LogP contribution in [0.1, 0.15) is 38.3 Å². The van der Waals surface area contributed by atoms with E-state index in [0.29, 0.717) is 12.0 Å². The molecule has 1 aliphatic rings. The Bertz CT molecular complexity index is 433. The predicted octanol–water partition coefficient (Wildman–Crippen LogP) is 3.67. The first kappa shape index (κ1) is 17.2. The molecule has 1 aliphatic heterocycles. The van der Waals surface area contributed by atoms with Gasteiger partial charge in [0.25, 0.3) is 0 Å². The zero-order valence-electron chi connectivity index (χ0n) is 13.4. The van der Waals surface area contributed by atoms with Crippen molar-refractivity contribution in [3.05, 3.63) is 29.8 Å². The van der Waals surface area contributed by atoms with Crippen LogP contribution in [0.5, 0.6) is 5.75 Å². The Morgan fingerprint density at radius 3 is 2.36 bits per heavy atom. The number of ether oxygens (including phenoxy) is 1. The standard InChI is InChI=1S/C17H26F2N2O/c1-3-4-13(2)16(21-11-9-20-10-12-21)14-5-7-15(8-6-14)22-17(18)19/h5-8,13,16-17,20H,3-4,9-12H2,1-2H3/t13?,16-/m0/s1.